The summed E-state index contributed by atoms with van der Waals surface area (Å²) in [7, 11) is 1.67. The van der Waals surface area contributed by atoms with Crippen LogP contribution in [-0.2, 0) is 4.79 Å². The number of thioether (sulfide) groups is 1. The number of amides is 2. The summed E-state index contributed by atoms with van der Waals surface area (Å²) < 4.78 is 0.547. The SMILES string of the molecule is Cc1cccc(NC(=O)c2ccc(C=C3SC(=S)N(C)C3=O)cc2)c1C. The molecule has 0 unspecified atom stereocenters. The van der Waals surface area contributed by atoms with Crippen molar-refractivity contribution in [1.29, 1.82) is 0 Å². The summed E-state index contributed by atoms with van der Waals surface area (Å²) in [6.45, 7) is 4.00. The second-order valence-electron chi connectivity index (χ2n) is 6.06. The molecule has 0 atom stereocenters. The van der Waals surface area contributed by atoms with Crippen molar-refractivity contribution in [3.8, 4) is 0 Å². The molecule has 1 fully saturated rings. The molecule has 0 radical (unpaired) electrons. The fourth-order valence-electron chi connectivity index (χ4n) is 2.51. The maximum absolute atomic E-state index is 12.5. The number of aryl methyl sites for hydroxylation is 1. The van der Waals surface area contributed by atoms with E-state index in [-0.39, 0.29) is 11.8 Å². The van der Waals surface area contributed by atoms with E-state index in [1.54, 1.807) is 25.3 Å². The number of rotatable bonds is 3. The molecule has 2 amide bonds. The number of nitrogens with zero attached hydrogens (tertiary/aromatic N) is 1. The number of thiocarbonyl (C=S) groups is 1. The molecular formula is C20H18N2O2S2. The molecular weight excluding hydrogens is 364 g/mol. The molecule has 0 spiro atoms. The van der Waals surface area contributed by atoms with E-state index in [4.69, 9.17) is 12.2 Å². The van der Waals surface area contributed by atoms with Crippen molar-refractivity contribution in [3.63, 3.8) is 0 Å². The van der Waals surface area contributed by atoms with Crippen LogP contribution in [0.5, 0.6) is 0 Å². The van der Waals surface area contributed by atoms with Crippen LogP contribution >= 0.6 is 24.0 Å². The van der Waals surface area contributed by atoms with Gasteiger partial charge in [-0.1, -0.05) is 48.2 Å². The summed E-state index contributed by atoms with van der Waals surface area (Å²) in [4.78, 5) is 26.6. The Hall–Kier alpha value is -2.44. The minimum Gasteiger partial charge on any atom is -0.322 e. The second-order valence-corrected chi connectivity index (χ2v) is 7.74. The summed E-state index contributed by atoms with van der Waals surface area (Å²) >= 11 is 6.40. The predicted molar refractivity (Wildman–Crippen MR) is 111 cm³/mol. The first-order valence-corrected chi connectivity index (χ1v) is 9.28. The average molecular weight is 383 g/mol. The van der Waals surface area contributed by atoms with Gasteiger partial charge in [-0.2, -0.15) is 0 Å². The van der Waals surface area contributed by atoms with Crippen LogP contribution in [0, 0.1) is 13.8 Å². The third-order valence-corrected chi connectivity index (χ3v) is 5.79. The molecule has 132 valence electrons. The Kier molecular flexibility index (Phi) is 5.25. The predicted octanol–water partition coefficient (Wildman–Crippen LogP) is 4.39. The van der Waals surface area contributed by atoms with E-state index < -0.39 is 0 Å². The molecule has 0 aromatic heterocycles. The normalized spacial score (nSPS) is 15.7. The number of hydrogen-bond donors (Lipinski definition) is 1. The van der Waals surface area contributed by atoms with Gasteiger partial charge < -0.3 is 5.32 Å². The number of hydrogen-bond acceptors (Lipinski definition) is 4. The molecule has 1 aliphatic rings. The number of carbonyl (C=O) groups is 2. The fraction of sp³-hybridized carbons (Fsp3) is 0.150. The third kappa shape index (κ3) is 3.71. The number of nitrogens with one attached hydrogen (secondary N) is 1. The highest BCUT2D eigenvalue weighted by Gasteiger charge is 2.28. The Morgan fingerprint density at radius 3 is 2.46 bits per heavy atom. The van der Waals surface area contributed by atoms with Gasteiger partial charge in [0.25, 0.3) is 11.8 Å². The Balaban J connectivity index is 1.75. The number of carbonyl (C=O) groups excluding carboxylic acids is 2. The van der Waals surface area contributed by atoms with E-state index in [1.807, 2.05) is 44.2 Å². The van der Waals surface area contributed by atoms with Crippen molar-refractivity contribution in [3.05, 3.63) is 69.6 Å². The Morgan fingerprint density at radius 1 is 1.15 bits per heavy atom. The summed E-state index contributed by atoms with van der Waals surface area (Å²) in [6.07, 6.45) is 1.79. The van der Waals surface area contributed by atoms with Crippen LogP contribution < -0.4 is 5.32 Å². The molecule has 1 heterocycles. The van der Waals surface area contributed by atoms with Gasteiger partial charge in [-0.15, -0.1) is 0 Å². The average Bonchev–Trinajstić information content (AvgIpc) is 2.86. The lowest BCUT2D eigenvalue weighted by atomic mass is 10.1. The highest BCUT2D eigenvalue weighted by molar-refractivity contribution is 8.26. The molecule has 2 aromatic carbocycles. The molecule has 1 aliphatic heterocycles. The summed E-state index contributed by atoms with van der Waals surface area (Å²) in [6, 6.07) is 13.0. The van der Waals surface area contributed by atoms with Gasteiger partial charge in [-0.3, -0.25) is 14.5 Å². The minimum absolute atomic E-state index is 0.100. The van der Waals surface area contributed by atoms with Gasteiger partial charge >= 0.3 is 0 Å². The van der Waals surface area contributed by atoms with Crippen molar-refractivity contribution in [2.45, 2.75) is 13.8 Å². The van der Waals surface area contributed by atoms with Crippen molar-refractivity contribution in [2.75, 3.05) is 12.4 Å². The van der Waals surface area contributed by atoms with Crippen LogP contribution in [0.4, 0.5) is 5.69 Å². The molecule has 1 N–H and O–H groups in total. The molecule has 0 saturated carbocycles. The lowest BCUT2D eigenvalue weighted by molar-refractivity contribution is -0.121. The number of benzene rings is 2. The molecule has 1 saturated heterocycles. The van der Waals surface area contributed by atoms with Crippen LogP contribution in [0.1, 0.15) is 27.0 Å². The Bertz CT molecular complexity index is 933. The maximum Gasteiger partial charge on any atom is 0.265 e. The molecule has 0 bridgehead atoms. The molecule has 2 aromatic rings. The van der Waals surface area contributed by atoms with Gasteiger partial charge in [-0.25, -0.2) is 0 Å². The van der Waals surface area contributed by atoms with Crippen LogP contribution in [0.2, 0.25) is 0 Å². The molecule has 26 heavy (non-hydrogen) atoms. The van der Waals surface area contributed by atoms with Gasteiger partial charge in [0, 0.05) is 18.3 Å². The van der Waals surface area contributed by atoms with Crippen molar-refractivity contribution in [1.82, 2.24) is 4.90 Å². The highest BCUT2D eigenvalue weighted by atomic mass is 32.2. The van der Waals surface area contributed by atoms with E-state index >= 15 is 0 Å². The monoisotopic (exact) mass is 382 g/mol. The lowest BCUT2D eigenvalue weighted by Gasteiger charge is -2.10. The first-order valence-electron chi connectivity index (χ1n) is 8.06. The van der Waals surface area contributed by atoms with Crippen molar-refractivity contribution >= 4 is 51.9 Å². The zero-order valence-corrected chi connectivity index (χ0v) is 16.3. The lowest BCUT2D eigenvalue weighted by Crippen LogP contribution is -2.22. The van der Waals surface area contributed by atoms with Gasteiger partial charge in [0.1, 0.15) is 4.32 Å². The topological polar surface area (TPSA) is 49.4 Å². The van der Waals surface area contributed by atoms with Crippen LogP contribution in [-0.4, -0.2) is 28.1 Å². The highest BCUT2D eigenvalue weighted by Crippen LogP contribution is 2.31. The van der Waals surface area contributed by atoms with E-state index in [1.165, 1.54) is 16.7 Å². The third-order valence-electron chi connectivity index (χ3n) is 4.31. The van der Waals surface area contributed by atoms with Gasteiger partial charge in [-0.05, 0) is 54.8 Å². The quantitative estimate of drug-likeness (QED) is 0.632. The standard InChI is InChI=1S/C20H18N2O2S2/c1-12-5-4-6-16(13(12)2)21-18(23)15-9-7-14(8-10-15)11-17-19(24)22(3)20(25)26-17/h4-11H,1-3H3,(H,21,23). The number of anilines is 1. The first kappa shape index (κ1) is 18.4. The smallest absolute Gasteiger partial charge is 0.265 e. The van der Waals surface area contributed by atoms with E-state index in [0.717, 1.165) is 22.4 Å². The largest absolute Gasteiger partial charge is 0.322 e. The fourth-order valence-corrected chi connectivity index (χ4v) is 3.69. The molecule has 4 nitrogen and oxygen atoms in total. The van der Waals surface area contributed by atoms with Gasteiger partial charge in [0.05, 0.1) is 4.91 Å². The van der Waals surface area contributed by atoms with Gasteiger partial charge in [0.2, 0.25) is 0 Å². The summed E-state index contributed by atoms with van der Waals surface area (Å²) in [5.74, 6) is -0.262. The van der Waals surface area contributed by atoms with Crippen LogP contribution in [0.25, 0.3) is 6.08 Å². The summed E-state index contributed by atoms with van der Waals surface area (Å²) in [5, 5.41) is 2.94. The van der Waals surface area contributed by atoms with Crippen molar-refractivity contribution in [2.24, 2.45) is 0 Å². The van der Waals surface area contributed by atoms with E-state index in [2.05, 4.69) is 5.32 Å². The summed E-state index contributed by atoms with van der Waals surface area (Å²) in [5.41, 5.74) is 4.41. The minimum atomic E-state index is -0.162. The first-order chi connectivity index (χ1) is 12.4. The Labute approximate surface area is 162 Å². The Morgan fingerprint density at radius 2 is 1.85 bits per heavy atom. The zero-order chi connectivity index (χ0) is 18.8. The molecule has 6 heteroatoms. The second kappa shape index (κ2) is 7.43. The zero-order valence-electron chi connectivity index (χ0n) is 14.7. The maximum atomic E-state index is 12.5. The van der Waals surface area contributed by atoms with Gasteiger partial charge in [0.15, 0.2) is 0 Å². The molecule has 3 rings (SSSR count). The van der Waals surface area contributed by atoms with E-state index in [9.17, 15) is 9.59 Å². The van der Waals surface area contributed by atoms with Crippen LogP contribution in [0.3, 0.4) is 0 Å². The van der Waals surface area contributed by atoms with Crippen molar-refractivity contribution < 1.29 is 9.59 Å². The molecule has 0 aliphatic carbocycles. The van der Waals surface area contributed by atoms with Crippen LogP contribution in [0.15, 0.2) is 47.4 Å². The van der Waals surface area contributed by atoms with E-state index in [0.29, 0.717) is 14.8 Å². The number of likely N-dealkylation sites (N-methyl/N-ethyl adjacent to an activating group) is 1.